The van der Waals surface area contributed by atoms with Crippen LogP contribution in [0.3, 0.4) is 0 Å². The molecule has 20 heavy (non-hydrogen) atoms. The molecule has 0 radical (unpaired) electrons. The molecule has 0 saturated carbocycles. The van der Waals surface area contributed by atoms with E-state index in [0.29, 0.717) is 6.04 Å². The predicted octanol–water partition coefficient (Wildman–Crippen LogP) is 0.595. The van der Waals surface area contributed by atoms with Crippen LogP contribution in [0.5, 0.6) is 0 Å². The van der Waals surface area contributed by atoms with Crippen LogP contribution in [0.1, 0.15) is 40.0 Å². The molecule has 0 aromatic rings. The number of rotatable bonds is 2. The van der Waals surface area contributed by atoms with Crippen molar-refractivity contribution in [2.24, 2.45) is 5.92 Å². The molecule has 0 aromatic heterocycles. The van der Waals surface area contributed by atoms with E-state index in [0.717, 1.165) is 25.9 Å². The van der Waals surface area contributed by atoms with Crippen molar-refractivity contribution in [2.45, 2.75) is 64.2 Å². The number of amides is 2. The zero-order valence-corrected chi connectivity index (χ0v) is 12.6. The van der Waals surface area contributed by atoms with Crippen LogP contribution in [0.4, 0.5) is 0 Å². The molecular formula is C15H25N3O2. The van der Waals surface area contributed by atoms with Gasteiger partial charge in [0, 0.05) is 18.6 Å². The van der Waals surface area contributed by atoms with Crippen LogP contribution in [-0.4, -0.2) is 58.9 Å². The van der Waals surface area contributed by atoms with Gasteiger partial charge in [-0.25, -0.2) is 0 Å². The van der Waals surface area contributed by atoms with E-state index in [-0.39, 0.29) is 35.9 Å². The van der Waals surface area contributed by atoms with E-state index < -0.39 is 0 Å². The number of piperazine rings is 1. The maximum absolute atomic E-state index is 12.7. The second-order valence-electron chi connectivity index (χ2n) is 6.77. The molecule has 4 unspecified atom stereocenters. The van der Waals surface area contributed by atoms with E-state index in [4.69, 9.17) is 0 Å². The number of carbonyl (C=O) groups excluding carboxylic acids is 2. The van der Waals surface area contributed by atoms with Crippen molar-refractivity contribution < 1.29 is 9.59 Å². The van der Waals surface area contributed by atoms with Crippen molar-refractivity contribution in [2.75, 3.05) is 13.1 Å². The molecular weight excluding hydrogens is 254 g/mol. The lowest BCUT2D eigenvalue weighted by Crippen LogP contribution is -2.67. The number of hydrogen-bond donors (Lipinski definition) is 1. The van der Waals surface area contributed by atoms with Gasteiger partial charge >= 0.3 is 0 Å². The monoisotopic (exact) mass is 279 g/mol. The zero-order chi connectivity index (χ0) is 14.4. The van der Waals surface area contributed by atoms with Crippen LogP contribution < -0.4 is 5.32 Å². The second-order valence-corrected chi connectivity index (χ2v) is 6.77. The summed E-state index contributed by atoms with van der Waals surface area (Å²) in [6.45, 7) is 8.08. The van der Waals surface area contributed by atoms with Gasteiger partial charge in [-0.3, -0.25) is 14.5 Å². The first kappa shape index (κ1) is 13.9. The summed E-state index contributed by atoms with van der Waals surface area (Å²) in [5, 5.41) is 2.83. The Morgan fingerprint density at radius 1 is 1.15 bits per heavy atom. The first-order chi connectivity index (χ1) is 9.50. The minimum Gasteiger partial charge on any atom is -0.343 e. The molecule has 3 fully saturated rings. The van der Waals surface area contributed by atoms with Crippen molar-refractivity contribution >= 4 is 11.8 Å². The van der Waals surface area contributed by atoms with Gasteiger partial charge in [-0.05, 0) is 38.6 Å². The highest BCUT2D eigenvalue weighted by atomic mass is 16.2. The lowest BCUT2D eigenvalue weighted by molar-refractivity contribution is -0.154. The predicted molar refractivity (Wildman–Crippen MR) is 76.1 cm³/mol. The first-order valence-corrected chi connectivity index (χ1v) is 7.87. The van der Waals surface area contributed by atoms with Gasteiger partial charge in [0.2, 0.25) is 11.8 Å². The smallest absolute Gasteiger partial charge is 0.245 e. The van der Waals surface area contributed by atoms with E-state index in [2.05, 4.69) is 10.2 Å². The van der Waals surface area contributed by atoms with Gasteiger partial charge in [-0.1, -0.05) is 13.8 Å². The van der Waals surface area contributed by atoms with Crippen LogP contribution >= 0.6 is 0 Å². The highest BCUT2D eigenvalue weighted by Crippen LogP contribution is 2.34. The van der Waals surface area contributed by atoms with Crippen LogP contribution in [0.15, 0.2) is 0 Å². The summed E-state index contributed by atoms with van der Waals surface area (Å²) < 4.78 is 0. The fraction of sp³-hybridized carbons (Fsp3) is 0.867. The Morgan fingerprint density at radius 2 is 1.90 bits per heavy atom. The molecule has 3 heterocycles. The normalized spacial score (nSPS) is 38.5. The lowest BCUT2D eigenvalue weighted by Gasteiger charge is -2.44. The minimum atomic E-state index is -0.382. The van der Waals surface area contributed by atoms with Crippen LogP contribution in [-0.2, 0) is 9.59 Å². The third-order valence-corrected chi connectivity index (χ3v) is 5.11. The Morgan fingerprint density at radius 3 is 2.60 bits per heavy atom. The van der Waals surface area contributed by atoms with E-state index in [1.54, 1.807) is 6.92 Å². The first-order valence-electron chi connectivity index (χ1n) is 7.87. The van der Waals surface area contributed by atoms with Crippen molar-refractivity contribution in [3.63, 3.8) is 0 Å². The fourth-order valence-corrected chi connectivity index (χ4v) is 4.22. The number of nitrogens with one attached hydrogen (secondary N) is 1. The van der Waals surface area contributed by atoms with Crippen LogP contribution in [0.25, 0.3) is 0 Å². The van der Waals surface area contributed by atoms with Crippen LogP contribution in [0, 0.1) is 5.92 Å². The van der Waals surface area contributed by atoms with E-state index in [1.165, 1.54) is 6.42 Å². The summed E-state index contributed by atoms with van der Waals surface area (Å²) in [5.74, 6) is 0.271. The molecule has 112 valence electrons. The van der Waals surface area contributed by atoms with Gasteiger partial charge in [-0.15, -0.1) is 0 Å². The molecule has 4 atom stereocenters. The molecule has 3 aliphatic heterocycles. The summed E-state index contributed by atoms with van der Waals surface area (Å²) in [5.41, 5.74) is 0. The molecule has 3 saturated heterocycles. The lowest BCUT2D eigenvalue weighted by atomic mass is 9.92. The average Bonchev–Trinajstić information content (AvgIpc) is 2.95. The molecule has 2 amide bonds. The molecule has 0 aliphatic carbocycles. The quantitative estimate of drug-likeness (QED) is 0.805. The maximum atomic E-state index is 12.7. The summed E-state index contributed by atoms with van der Waals surface area (Å²) >= 11 is 0. The highest BCUT2D eigenvalue weighted by Gasteiger charge is 2.49. The van der Waals surface area contributed by atoms with Gasteiger partial charge < -0.3 is 10.2 Å². The van der Waals surface area contributed by atoms with Crippen LogP contribution in [0.2, 0.25) is 0 Å². The fourth-order valence-electron chi connectivity index (χ4n) is 4.22. The van der Waals surface area contributed by atoms with Gasteiger partial charge in [0.05, 0.1) is 0 Å². The maximum Gasteiger partial charge on any atom is 0.245 e. The summed E-state index contributed by atoms with van der Waals surface area (Å²) in [4.78, 5) is 29.4. The summed E-state index contributed by atoms with van der Waals surface area (Å²) in [6.07, 6.45) is 3.40. The van der Waals surface area contributed by atoms with Crippen molar-refractivity contribution in [3.8, 4) is 0 Å². The Hall–Kier alpha value is -1.10. The Balaban J connectivity index is 1.90. The summed E-state index contributed by atoms with van der Waals surface area (Å²) in [6, 6.07) is 0.0152. The van der Waals surface area contributed by atoms with Crippen molar-refractivity contribution in [1.29, 1.82) is 0 Å². The Labute approximate surface area is 120 Å². The molecule has 3 rings (SSSR count). The standard InChI is InChI=1S/C15H25N3O2/c1-9(2)13-14(19)16-10(3)15(20)18(13)12-6-8-17-7-4-5-11(12)17/h9-13H,4-8H2,1-3H3,(H,16,19). The minimum absolute atomic E-state index is 0.0172. The van der Waals surface area contributed by atoms with E-state index >= 15 is 0 Å². The van der Waals surface area contributed by atoms with Crippen molar-refractivity contribution in [3.05, 3.63) is 0 Å². The largest absolute Gasteiger partial charge is 0.343 e. The van der Waals surface area contributed by atoms with E-state index in [1.807, 2.05) is 18.7 Å². The topological polar surface area (TPSA) is 52.7 Å². The molecule has 1 N–H and O–H groups in total. The molecule has 0 aromatic carbocycles. The molecule has 0 spiro atoms. The van der Waals surface area contributed by atoms with Gasteiger partial charge in [-0.2, -0.15) is 0 Å². The molecule has 3 aliphatic rings. The molecule has 5 nitrogen and oxygen atoms in total. The second kappa shape index (κ2) is 5.02. The number of fused-ring (bicyclic) bond motifs is 1. The highest BCUT2D eigenvalue weighted by molar-refractivity contribution is 5.97. The number of nitrogens with zero attached hydrogens (tertiary/aromatic N) is 2. The zero-order valence-electron chi connectivity index (χ0n) is 12.6. The Bertz CT molecular complexity index is 423. The molecule has 5 heteroatoms. The van der Waals surface area contributed by atoms with Crippen molar-refractivity contribution in [1.82, 2.24) is 15.1 Å². The van der Waals surface area contributed by atoms with Gasteiger partial charge in [0.15, 0.2) is 0 Å². The third-order valence-electron chi connectivity index (χ3n) is 5.11. The SMILES string of the molecule is CC1NC(=O)C(C(C)C)N(C2CCN3CCCC23)C1=O. The number of hydrogen-bond acceptors (Lipinski definition) is 3. The third kappa shape index (κ3) is 2.03. The average molecular weight is 279 g/mol. The molecule has 0 bridgehead atoms. The summed E-state index contributed by atoms with van der Waals surface area (Å²) in [7, 11) is 0. The van der Waals surface area contributed by atoms with Gasteiger partial charge in [0.25, 0.3) is 0 Å². The van der Waals surface area contributed by atoms with Gasteiger partial charge in [0.1, 0.15) is 12.1 Å². The van der Waals surface area contributed by atoms with E-state index in [9.17, 15) is 9.59 Å². The number of carbonyl (C=O) groups is 2. The Kier molecular flexibility index (Phi) is 3.48.